The van der Waals surface area contributed by atoms with Gasteiger partial charge in [0.15, 0.2) is 0 Å². The fourth-order valence-electron chi connectivity index (χ4n) is 3.49. The lowest BCUT2D eigenvalue weighted by Crippen LogP contribution is -2.45. The van der Waals surface area contributed by atoms with Crippen molar-refractivity contribution in [3.05, 3.63) is 64.7 Å². The lowest BCUT2D eigenvalue weighted by Gasteiger charge is -2.28. The number of amides is 2. The molecule has 2 aromatic rings. The van der Waals surface area contributed by atoms with E-state index in [1.165, 1.54) is 0 Å². The van der Waals surface area contributed by atoms with Crippen LogP contribution in [0.1, 0.15) is 37.5 Å². The molecule has 8 heteroatoms. The van der Waals surface area contributed by atoms with E-state index >= 15 is 0 Å². The molecule has 0 bridgehead atoms. The van der Waals surface area contributed by atoms with Gasteiger partial charge >= 0.3 is 5.97 Å². The molecule has 1 aliphatic heterocycles. The molecule has 1 heterocycles. The van der Waals surface area contributed by atoms with E-state index in [0.717, 1.165) is 11.1 Å². The van der Waals surface area contributed by atoms with Gasteiger partial charge in [-0.3, -0.25) is 14.4 Å². The van der Waals surface area contributed by atoms with E-state index in [4.69, 9.17) is 21.4 Å². The molecule has 0 saturated heterocycles. The fourth-order valence-corrected chi connectivity index (χ4v) is 3.67. The SMILES string of the molecule is CC(C)N1C(=O)[C@@H](CC(=O)NCC(=O)O)O[C@@H](c2ccccc2)c2cc(Cl)ccc21. The Balaban J connectivity index is 2.04. The number of carboxylic acids is 1. The fraction of sp³-hybridized carbons (Fsp3) is 0.318. The second-order valence-corrected chi connectivity index (χ2v) is 7.73. The van der Waals surface area contributed by atoms with E-state index in [0.29, 0.717) is 10.7 Å². The Kier molecular flexibility index (Phi) is 6.74. The number of hydrogen-bond donors (Lipinski definition) is 2. The van der Waals surface area contributed by atoms with Crippen molar-refractivity contribution in [2.24, 2.45) is 0 Å². The van der Waals surface area contributed by atoms with Crippen molar-refractivity contribution < 1.29 is 24.2 Å². The van der Waals surface area contributed by atoms with Gasteiger partial charge in [-0.2, -0.15) is 0 Å². The number of halogens is 1. The molecule has 0 unspecified atom stereocenters. The number of aliphatic carboxylic acids is 1. The highest BCUT2D eigenvalue weighted by molar-refractivity contribution is 6.30. The molecule has 2 atom stereocenters. The zero-order valence-electron chi connectivity index (χ0n) is 16.7. The minimum absolute atomic E-state index is 0.194. The molecular formula is C22H23ClN2O5. The molecule has 0 aromatic heterocycles. The maximum Gasteiger partial charge on any atom is 0.322 e. The van der Waals surface area contributed by atoms with Crippen LogP contribution < -0.4 is 10.2 Å². The molecule has 0 spiro atoms. The summed E-state index contributed by atoms with van der Waals surface area (Å²) >= 11 is 6.26. The second kappa shape index (κ2) is 9.28. The number of benzene rings is 2. The van der Waals surface area contributed by atoms with Gasteiger partial charge in [0.05, 0.1) is 12.1 Å². The summed E-state index contributed by atoms with van der Waals surface area (Å²) < 4.78 is 6.19. The second-order valence-electron chi connectivity index (χ2n) is 7.30. The summed E-state index contributed by atoms with van der Waals surface area (Å²) in [6.45, 7) is 3.23. The van der Waals surface area contributed by atoms with E-state index in [1.54, 1.807) is 23.1 Å². The van der Waals surface area contributed by atoms with Gasteiger partial charge in [-0.15, -0.1) is 0 Å². The van der Waals surface area contributed by atoms with Gasteiger partial charge in [0.25, 0.3) is 5.91 Å². The molecule has 7 nitrogen and oxygen atoms in total. The summed E-state index contributed by atoms with van der Waals surface area (Å²) in [6.07, 6.45) is -2.00. The van der Waals surface area contributed by atoms with E-state index in [2.05, 4.69) is 5.32 Å². The molecule has 0 aliphatic carbocycles. The smallest absolute Gasteiger partial charge is 0.322 e. The largest absolute Gasteiger partial charge is 0.480 e. The van der Waals surface area contributed by atoms with Crippen LogP contribution in [0.2, 0.25) is 5.02 Å². The maximum atomic E-state index is 13.4. The Morgan fingerprint density at radius 2 is 1.90 bits per heavy atom. The summed E-state index contributed by atoms with van der Waals surface area (Å²) in [4.78, 5) is 38.0. The van der Waals surface area contributed by atoms with Crippen LogP contribution in [0, 0.1) is 0 Å². The van der Waals surface area contributed by atoms with Crippen LogP contribution in [-0.4, -0.2) is 41.6 Å². The maximum absolute atomic E-state index is 13.4. The third-order valence-electron chi connectivity index (χ3n) is 4.77. The van der Waals surface area contributed by atoms with Crippen LogP contribution in [0.25, 0.3) is 0 Å². The van der Waals surface area contributed by atoms with Crippen molar-refractivity contribution in [2.75, 3.05) is 11.4 Å². The van der Waals surface area contributed by atoms with Crippen LogP contribution >= 0.6 is 11.6 Å². The van der Waals surface area contributed by atoms with E-state index in [1.807, 2.05) is 44.2 Å². The molecule has 3 rings (SSSR count). The molecule has 1 aliphatic rings. The quantitative estimate of drug-likeness (QED) is 0.733. The summed E-state index contributed by atoms with van der Waals surface area (Å²) in [7, 11) is 0. The standard InChI is InChI=1S/C22H23ClN2O5/c1-13(2)25-17-9-8-15(23)10-16(17)21(14-6-4-3-5-7-14)30-18(22(25)29)11-19(26)24-12-20(27)28/h3-10,13,18,21H,11-12H2,1-2H3,(H,24,26)(H,27,28)/t18-,21+/m1/s1. The van der Waals surface area contributed by atoms with Crippen LogP contribution in [0.4, 0.5) is 5.69 Å². The monoisotopic (exact) mass is 430 g/mol. The third-order valence-corrected chi connectivity index (χ3v) is 5.01. The average Bonchev–Trinajstić information content (AvgIpc) is 2.82. The Labute approximate surface area is 179 Å². The van der Waals surface area contributed by atoms with Crippen molar-refractivity contribution in [3.63, 3.8) is 0 Å². The number of fused-ring (bicyclic) bond motifs is 1. The van der Waals surface area contributed by atoms with E-state index in [9.17, 15) is 14.4 Å². The molecule has 0 radical (unpaired) electrons. The lowest BCUT2D eigenvalue weighted by atomic mass is 9.99. The number of nitrogens with one attached hydrogen (secondary N) is 1. The number of carbonyl (C=O) groups excluding carboxylic acids is 2. The van der Waals surface area contributed by atoms with Gasteiger partial charge in [-0.25, -0.2) is 0 Å². The number of rotatable bonds is 6. The van der Waals surface area contributed by atoms with Crippen LogP contribution in [0.3, 0.4) is 0 Å². The highest BCUT2D eigenvalue weighted by Crippen LogP contribution is 2.40. The Morgan fingerprint density at radius 3 is 2.53 bits per heavy atom. The number of carbonyl (C=O) groups is 3. The van der Waals surface area contributed by atoms with Gasteiger partial charge in [0.1, 0.15) is 18.8 Å². The van der Waals surface area contributed by atoms with Gasteiger partial charge in [-0.05, 0) is 37.6 Å². The van der Waals surface area contributed by atoms with Gasteiger partial charge in [0.2, 0.25) is 5.91 Å². The first-order valence-corrected chi connectivity index (χ1v) is 9.97. The van der Waals surface area contributed by atoms with Crippen molar-refractivity contribution >= 4 is 35.1 Å². The zero-order valence-corrected chi connectivity index (χ0v) is 17.4. The molecule has 2 aromatic carbocycles. The minimum Gasteiger partial charge on any atom is -0.480 e. The van der Waals surface area contributed by atoms with Gasteiger partial charge in [-0.1, -0.05) is 41.9 Å². The van der Waals surface area contributed by atoms with Crippen LogP contribution in [0.15, 0.2) is 48.5 Å². The predicted octanol–water partition coefficient (Wildman–Crippen LogP) is 3.16. The summed E-state index contributed by atoms with van der Waals surface area (Å²) in [6, 6.07) is 14.4. The summed E-state index contributed by atoms with van der Waals surface area (Å²) in [5, 5.41) is 11.6. The Hall–Kier alpha value is -2.90. The average molecular weight is 431 g/mol. The van der Waals surface area contributed by atoms with Crippen molar-refractivity contribution in [2.45, 2.75) is 38.5 Å². The normalized spacial score (nSPS) is 18.7. The van der Waals surface area contributed by atoms with Crippen molar-refractivity contribution in [3.8, 4) is 0 Å². The van der Waals surface area contributed by atoms with Crippen LogP contribution in [0.5, 0.6) is 0 Å². The molecule has 158 valence electrons. The molecule has 2 N–H and O–H groups in total. The molecule has 30 heavy (non-hydrogen) atoms. The van der Waals surface area contributed by atoms with Crippen molar-refractivity contribution in [1.82, 2.24) is 5.32 Å². The Morgan fingerprint density at radius 1 is 1.20 bits per heavy atom. The number of anilines is 1. The van der Waals surface area contributed by atoms with Crippen molar-refractivity contribution in [1.29, 1.82) is 0 Å². The molecule has 0 saturated carbocycles. The number of carboxylic acid groups (broad SMARTS) is 1. The van der Waals surface area contributed by atoms with Gasteiger partial charge in [0, 0.05) is 16.6 Å². The zero-order chi connectivity index (χ0) is 21.8. The van der Waals surface area contributed by atoms with E-state index < -0.39 is 30.6 Å². The highest BCUT2D eigenvalue weighted by Gasteiger charge is 2.38. The number of ether oxygens (including phenoxy) is 1. The first kappa shape index (κ1) is 21.8. The first-order chi connectivity index (χ1) is 14.3. The first-order valence-electron chi connectivity index (χ1n) is 9.59. The summed E-state index contributed by atoms with van der Waals surface area (Å²) in [5.74, 6) is -2.10. The molecular weight excluding hydrogens is 408 g/mol. The third kappa shape index (κ3) is 4.80. The topological polar surface area (TPSA) is 95.9 Å². The van der Waals surface area contributed by atoms with Crippen LogP contribution in [-0.2, 0) is 19.1 Å². The minimum atomic E-state index is -1.16. The van der Waals surface area contributed by atoms with Gasteiger partial charge < -0.3 is 20.1 Å². The highest BCUT2D eigenvalue weighted by atomic mass is 35.5. The number of hydrogen-bond acceptors (Lipinski definition) is 4. The lowest BCUT2D eigenvalue weighted by molar-refractivity contribution is -0.140. The molecule has 0 fully saturated rings. The molecule has 2 amide bonds. The number of nitrogens with zero attached hydrogens (tertiary/aromatic N) is 1. The predicted molar refractivity (Wildman–Crippen MR) is 112 cm³/mol. The van der Waals surface area contributed by atoms with E-state index in [-0.39, 0.29) is 18.4 Å². The Bertz CT molecular complexity index is 948. The summed E-state index contributed by atoms with van der Waals surface area (Å²) in [5.41, 5.74) is 2.21.